The smallest absolute Gasteiger partial charge is 0.256 e. The molecule has 2 aliphatic rings. The van der Waals surface area contributed by atoms with E-state index < -0.39 is 5.79 Å². The molecule has 2 aromatic carbocycles. The highest BCUT2D eigenvalue weighted by Crippen LogP contribution is 2.51. The fourth-order valence-corrected chi connectivity index (χ4v) is 3.00. The summed E-state index contributed by atoms with van der Waals surface area (Å²) in [5.41, 5.74) is 4.43. The van der Waals surface area contributed by atoms with Crippen molar-refractivity contribution in [3.05, 3.63) is 70.8 Å². The van der Waals surface area contributed by atoms with Crippen LogP contribution in [0.1, 0.15) is 35.1 Å². The van der Waals surface area contributed by atoms with Gasteiger partial charge in [-0.25, -0.2) is 0 Å². The maximum Gasteiger partial charge on any atom is 0.256 e. The summed E-state index contributed by atoms with van der Waals surface area (Å²) in [4.78, 5) is 11.1. The SMILES string of the molecule is Cc1ccc([C@@]23OO[C@@H](O2)C(C)c2ccccc23)cc1. The molecule has 2 bridgehead atoms. The number of fused-ring (bicyclic) bond motifs is 4. The fraction of sp³-hybridized carbons (Fsp3) is 0.294. The normalized spacial score (nSPS) is 31.1. The first kappa shape index (κ1) is 12.1. The molecule has 0 N–H and O–H groups in total. The van der Waals surface area contributed by atoms with Gasteiger partial charge >= 0.3 is 0 Å². The van der Waals surface area contributed by atoms with Gasteiger partial charge in [0.05, 0.1) is 0 Å². The van der Waals surface area contributed by atoms with Crippen molar-refractivity contribution in [2.45, 2.75) is 31.8 Å². The van der Waals surface area contributed by atoms with E-state index in [2.05, 4.69) is 38.1 Å². The van der Waals surface area contributed by atoms with E-state index in [0.717, 1.165) is 11.1 Å². The third-order valence-electron chi connectivity index (χ3n) is 4.19. The lowest BCUT2D eigenvalue weighted by molar-refractivity contribution is -0.321. The molecule has 1 fully saturated rings. The topological polar surface area (TPSA) is 27.7 Å². The van der Waals surface area contributed by atoms with Crippen LogP contribution in [0.15, 0.2) is 48.5 Å². The lowest BCUT2D eigenvalue weighted by Gasteiger charge is -2.34. The molecule has 1 unspecified atom stereocenters. The molecule has 1 saturated heterocycles. The molecular weight excluding hydrogens is 252 g/mol. The lowest BCUT2D eigenvalue weighted by atomic mass is 9.85. The molecule has 20 heavy (non-hydrogen) atoms. The van der Waals surface area contributed by atoms with Gasteiger partial charge < -0.3 is 4.74 Å². The van der Waals surface area contributed by atoms with E-state index in [1.165, 1.54) is 11.1 Å². The van der Waals surface area contributed by atoms with Crippen molar-refractivity contribution in [2.75, 3.05) is 0 Å². The van der Waals surface area contributed by atoms with E-state index >= 15 is 0 Å². The zero-order valence-corrected chi connectivity index (χ0v) is 11.5. The third kappa shape index (κ3) is 1.51. The number of aryl methyl sites for hydroxylation is 1. The Morgan fingerprint density at radius 3 is 2.55 bits per heavy atom. The van der Waals surface area contributed by atoms with Crippen molar-refractivity contribution in [1.29, 1.82) is 0 Å². The highest BCUT2D eigenvalue weighted by molar-refractivity contribution is 5.43. The fourth-order valence-electron chi connectivity index (χ4n) is 3.00. The lowest BCUT2D eigenvalue weighted by Crippen LogP contribution is -2.36. The molecule has 2 heterocycles. The summed E-state index contributed by atoms with van der Waals surface area (Å²) in [6, 6.07) is 16.4. The maximum absolute atomic E-state index is 6.11. The summed E-state index contributed by atoms with van der Waals surface area (Å²) >= 11 is 0. The molecule has 0 spiro atoms. The van der Waals surface area contributed by atoms with Crippen LogP contribution in [0.5, 0.6) is 0 Å². The molecule has 102 valence electrons. The van der Waals surface area contributed by atoms with E-state index in [-0.39, 0.29) is 12.2 Å². The summed E-state index contributed by atoms with van der Waals surface area (Å²) in [7, 11) is 0. The first-order chi connectivity index (χ1) is 9.71. The minimum absolute atomic E-state index is 0.160. The van der Waals surface area contributed by atoms with Crippen LogP contribution < -0.4 is 0 Å². The second-order valence-electron chi connectivity index (χ2n) is 5.52. The van der Waals surface area contributed by atoms with Gasteiger partial charge in [-0.1, -0.05) is 61.0 Å². The van der Waals surface area contributed by atoms with Gasteiger partial charge in [-0.15, -0.1) is 0 Å². The maximum atomic E-state index is 6.11. The molecule has 3 atom stereocenters. The van der Waals surface area contributed by atoms with Gasteiger partial charge in [0.2, 0.25) is 6.29 Å². The Balaban J connectivity index is 1.93. The summed E-state index contributed by atoms with van der Waals surface area (Å²) in [5.74, 6) is -0.770. The molecule has 0 amide bonds. The second kappa shape index (κ2) is 4.16. The number of benzene rings is 2. The minimum Gasteiger partial charge on any atom is -0.307 e. The van der Waals surface area contributed by atoms with Crippen LogP contribution in [0.4, 0.5) is 0 Å². The van der Waals surface area contributed by atoms with Crippen LogP contribution in [0.2, 0.25) is 0 Å². The van der Waals surface area contributed by atoms with Crippen molar-refractivity contribution in [3.63, 3.8) is 0 Å². The quantitative estimate of drug-likeness (QED) is 0.739. The molecule has 0 radical (unpaired) electrons. The summed E-state index contributed by atoms with van der Waals surface area (Å²) in [6.07, 6.45) is -0.355. The van der Waals surface area contributed by atoms with Crippen LogP contribution in [0, 0.1) is 6.92 Å². The molecule has 3 heteroatoms. The van der Waals surface area contributed by atoms with Gasteiger partial charge in [-0.3, -0.25) is 0 Å². The van der Waals surface area contributed by atoms with Gasteiger partial charge in [0.15, 0.2) is 0 Å². The van der Waals surface area contributed by atoms with Crippen molar-refractivity contribution in [1.82, 2.24) is 0 Å². The Bertz CT molecular complexity index is 650. The third-order valence-corrected chi connectivity index (χ3v) is 4.19. The molecule has 3 nitrogen and oxygen atoms in total. The van der Waals surface area contributed by atoms with Crippen LogP contribution in [-0.4, -0.2) is 6.29 Å². The Kier molecular flexibility index (Phi) is 2.51. The minimum atomic E-state index is -0.929. The first-order valence-corrected chi connectivity index (χ1v) is 6.89. The van der Waals surface area contributed by atoms with Crippen LogP contribution >= 0.6 is 0 Å². The highest BCUT2D eigenvalue weighted by atomic mass is 17.3. The van der Waals surface area contributed by atoms with Crippen LogP contribution in [-0.2, 0) is 20.3 Å². The monoisotopic (exact) mass is 268 g/mol. The molecule has 0 aromatic heterocycles. The highest BCUT2D eigenvalue weighted by Gasteiger charge is 2.54. The predicted octanol–water partition coefficient (Wildman–Crippen LogP) is 3.62. The first-order valence-electron chi connectivity index (χ1n) is 6.89. The van der Waals surface area contributed by atoms with E-state index in [0.29, 0.717) is 0 Å². The van der Waals surface area contributed by atoms with Gasteiger partial charge in [0, 0.05) is 17.0 Å². The molecule has 2 aliphatic heterocycles. The second-order valence-corrected chi connectivity index (χ2v) is 5.52. The number of hydrogen-bond acceptors (Lipinski definition) is 3. The van der Waals surface area contributed by atoms with Crippen LogP contribution in [0.3, 0.4) is 0 Å². The Morgan fingerprint density at radius 2 is 1.75 bits per heavy atom. The van der Waals surface area contributed by atoms with Crippen molar-refractivity contribution in [3.8, 4) is 0 Å². The molecule has 0 aliphatic carbocycles. The Labute approximate surface area is 118 Å². The van der Waals surface area contributed by atoms with Crippen molar-refractivity contribution >= 4 is 0 Å². The standard InChI is InChI=1S/C17H16O3/c1-11-7-9-13(10-8-11)17-15-6-4-3-5-14(15)12(2)16(18-17)19-20-17/h3-10,12,16H,1-2H3/t12?,16-,17+/m1/s1. The van der Waals surface area contributed by atoms with Crippen molar-refractivity contribution < 1.29 is 14.5 Å². The zero-order chi connectivity index (χ0) is 13.7. The summed E-state index contributed by atoms with van der Waals surface area (Å²) < 4.78 is 6.11. The molecule has 2 aromatic rings. The number of hydrogen-bond donors (Lipinski definition) is 0. The Hall–Kier alpha value is -1.68. The predicted molar refractivity (Wildman–Crippen MR) is 73.9 cm³/mol. The molecule has 0 saturated carbocycles. The number of ether oxygens (including phenoxy) is 1. The largest absolute Gasteiger partial charge is 0.307 e. The van der Waals surface area contributed by atoms with E-state index in [1.807, 2.05) is 24.3 Å². The average Bonchev–Trinajstić information content (AvgIpc) is 2.89. The van der Waals surface area contributed by atoms with Crippen molar-refractivity contribution in [2.24, 2.45) is 0 Å². The summed E-state index contributed by atoms with van der Waals surface area (Å²) in [6.45, 7) is 4.16. The Morgan fingerprint density at radius 1 is 1.00 bits per heavy atom. The number of rotatable bonds is 1. The van der Waals surface area contributed by atoms with Gasteiger partial charge in [0.25, 0.3) is 5.79 Å². The average molecular weight is 268 g/mol. The van der Waals surface area contributed by atoms with E-state index in [4.69, 9.17) is 14.5 Å². The van der Waals surface area contributed by atoms with E-state index in [1.54, 1.807) is 0 Å². The van der Waals surface area contributed by atoms with Gasteiger partial charge in [0.1, 0.15) is 0 Å². The van der Waals surface area contributed by atoms with E-state index in [9.17, 15) is 0 Å². The van der Waals surface area contributed by atoms with Crippen LogP contribution in [0.25, 0.3) is 0 Å². The zero-order valence-electron chi connectivity index (χ0n) is 11.5. The van der Waals surface area contributed by atoms with Gasteiger partial charge in [-0.2, -0.15) is 9.78 Å². The summed E-state index contributed by atoms with van der Waals surface area (Å²) in [5, 5.41) is 0. The van der Waals surface area contributed by atoms with Gasteiger partial charge in [-0.05, 0) is 12.5 Å². The molecule has 4 rings (SSSR count). The molecular formula is C17H16O3.